The summed E-state index contributed by atoms with van der Waals surface area (Å²) >= 11 is 3.43. The van der Waals surface area contributed by atoms with Crippen molar-refractivity contribution >= 4 is 26.8 Å². The average molecular weight is 238 g/mol. The normalized spacial score (nSPS) is 10.6. The zero-order chi connectivity index (χ0) is 9.42. The van der Waals surface area contributed by atoms with Crippen molar-refractivity contribution in [1.82, 2.24) is 4.98 Å². The van der Waals surface area contributed by atoms with E-state index in [1.807, 2.05) is 25.1 Å². The number of hydrogen-bond donors (Lipinski definition) is 1. The van der Waals surface area contributed by atoms with Crippen LogP contribution in [0.1, 0.15) is 5.56 Å². The number of rotatable bonds is 0. The van der Waals surface area contributed by atoms with E-state index in [-0.39, 0.29) is 5.56 Å². The van der Waals surface area contributed by atoms with Gasteiger partial charge in [-0.3, -0.25) is 4.79 Å². The minimum absolute atomic E-state index is 0.0614. The van der Waals surface area contributed by atoms with Crippen LogP contribution in [-0.2, 0) is 0 Å². The van der Waals surface area contributed by atoms with Crippen molar-refractivity contribution in [3.05, 3.63) is 44.7 Å². The fourth-order valence-corrected chi connectivity index (χ4v) is 1.82. The summed E-state index contributed by atoms with van der Waals surface area (Å²) in [6.07, 6.45) is 0. The Labute approximate surface area is 83.7 Å². The summed E-state index contributed by atoms with van der Waals surface area (Å²) < 4.78 is 1.00. The van der Waals surface area contributed by atoms with E-state index in [0.29, 0.717) is 0 Å². The molecule has 0 aliphatic heterocycles. The topological polar surface area (TPSA) is 32.9 Å². The number of nitrogens with one attached hydrogen (secondary N) is 1. The molecule has 0 bridgehead atoms. The van der Waals surface area contributed by atoms with Gasteiger partial charge in [0, 0.05) is 15.9 Å². The van der Waals surface area contributed by atoms with Gasteiger partial charge in [0.2, 0.25) is 5.56 Å². The third kappa shape index (κ3) is 1.40. The van der Waals surface area contributed by atoms with Crippen molar-refractivity contribution in [2.75, 3.05) is 0 Å². The molecule has 0 saturated carbocycles. The maximum Gasteiger partial charge on any atom is 0.248 e. The van der Waals surface area contributed by atoms with E-state index in [1.54, 1.807) is 0 Å². The second kappa shape index (κ2) is 3.00. The number of aryl methyl sites for hydroxylation is 1. The van der Waals surface area contributed by atoms with E-state index < -0.39 is 0 Å². The van der Waals surface area contributed by atoms with Gasteiger partial charge >= 0.3 is 0 Å². The van der Waals surface area contributed by atoms with Crippen molar-refractivity contribution in [2.24, 2.45) is 0 Å². The molecule has 0 spiro atoms. The highest BCUT2D eigenvalue weighted by molar-refractivity contribution is 9.10. The molecule has 2 rings (SSSR count). The minimum atomic E-state index is -0.0614. The molecule has 13 heavy (non-hydrogen) atoms. The Hall–Kier alpha value is -1.09. The highest BCUT2D eigenvalue weighted by Gasteiger charge is 2.01. The molecule has 0 aliphatic rings. The van der Waals surface area contributed by atoms with Crippen molar-refractivity contribution < 1.29 is 0 Å². The van der Waals surface area contributed by atoms with Crippen molar-refractivity contribution in [3.63, 3.8) is 0 Å². The molecule has 2 aromatic rings. The molecular weight excluding hydrogens is 230 g/mol. The van der Waals surface area contributed by atoms with Gasteiger partial charge < -0.3 is 4.98 Å². The lowest BCUT2D eigenvalue weighted by atomic mass is 10.1. The second-order valence-electron chi connectivity index (χ2n) is 2.98. The Bertz CT molecular complexity index is 516. The molecule has 0 fully saturated rings. The van der Waals surface area contributed by atoms with Crippen LogP contribution in [0.2, 0.25) is 0 Å². The summed E-state index contributed by atoms with van der Waals surface area (Å²) in [7, 11) is 0. The van der Waals surface area contributed by atoms with Crippen LogP contribution in [0, 0.1) is 6.92 Å². The van der Waals surface area contributed by atoms with Crippen LogP contribution in [0.3, 0.4) is 0 Å². The summed E-state index contributed by atoms with van der Waals surface area (Å²) in [6, 6.07) is 7.32. The van der Waals surface area contributed by atoms with Crippen LogP contribution in [0.15, 0.2) is 33.5 Å². The second-order valence-corrected chi connectivity index (χ2v) is 3.83. The largest absolute Gasteiger partial charge is 0.322 e. The van der Waals surface area contributed by atoms with Crippen LogP contribution < -0.4 is 5.56 Å². The molecule has 0 aliphatic carbocycles. The molecule has 66 valence electrons. The average Bonchev–Trinajstić information content (AvgIpc) is 2.12. The lowest BCUT2D eigenvalue weighted by Crippen LogP contribution is -2.03. The fourth-order valence-electron chi connectivity index (χ4n) is 1.36. The third-order valence-corrected chi connectivity index (χ3v) is 2.74. The molecule has 1 aromatic carbocycles. The molecule has 2 nitrogen and oxygen atoms in total. The predicted octanol–water partition coefficient (Wildman–Crippen LogP) is 2.60. The highest BCUT2D eigenvalue weighted by atomic mass is 79.9. The standard InChI is InChI=1S/C10H8BrNO/c1-6-2-4-8(11)7-3-5-9(13)12-10(6)7/h2-5H,1H3,(H,12,13). The van der Waals surface area contributed by atoms with Crippen molar-refractivity contribution in [1.29, 1.82) is 0 Å². The maximum atomic E-state index is 11.1. The molecule has 0 unspecified atom stereocenters. The van der Waals surface area contributed by atoms with Crippen LogP contribution in [-0.4, -0.2) is 4.98 Å². The van der Waals surface area contributed by atoms with Crippen molar-refractivity contribution in [2.45, 2.75) is 6.92 Å². The van der Waals surface area contributed by atoms with Gasteiger partial charge in [-0.2, -0.15) is 0 Å². The Balaban J connectivity index is 3.00. The summed E-state index contributed by atoms with van der Waals surface area (Å²) in [5.74, 6) is 0. The van der Waals surface area contributed by atoms with Gasteiger partial charge in [-0.25, -0.2) is 0 Å². The van der Waals surface area contributed by atoms with Gasteiger partial charge in [0.1, 0.15) is 0 Å². The number of pyridine rings is 1. The van der Waals surface area contributed by atoms with E-state index in [0.717, 1.165) is 20.9 Å². The number of hydrogen-bond acceptors (Lipinski definition) is 1. The van der Waals surface area contributed by atoms with Gasteiger partial charge in [0.25, 0.3) is 0 Å². The predicted molar refractivity (Wildman–Crippen MR) is 57.0 cm³/mol. The van der Waals surface area contributed by atoms with Crippen LogP contribution in [0.5, 0.6) is 0 Å². The first-order chi connectivity index (χ1) is 6.18. The number of H-pyrrole nitrogens is 1. The Kier molecular flexibility index (Phi) is 1.96. The molecule has 1 aromatic heterocycles. The maximum absolute atomic E-state index is 11.1. The summed E-state index contributed by atoms with van der Waals surface area (Å²) in [5.41, 5.74) is 1.92. The molecule has 0 amide bonds. The number of aromatic nitrogens is 1. The lowest BCUT2D eigenvalue weighted by Gasteiger charge is -2.02. The Morgan fingerprint density at radius 3 is 2.77 bits per heavy atom. The summed E-state index contributed by atoms with van der Waals surface area (Å²) in [6.45, 7) is 1.98. The first kappa shape index (κ1) is 8.51. The van der Waals surface area contributed by atoms with Crippen molar-refractivity contribution in [3.8, 4) is 0 Å². The molecule has 1 N–H and O–H groups in total. The molecule has 3 heteroatoms. The molecular formula is C10H8BrNO. The number of aromatic amines is 1. The third-order valence-electron chi connectivity index (χ3n) is 2.05. The summed E-state index contributed by atoms with van der Waals surface area (Å²) in [5, 5.41) is 1.04. The number of fused-ring (bicyclic) bond motifs is 1. The van der Waals surface area contributed by atoms with Crippen LogP contribution in [0.25, 0.3) is 10.9 Å². The lowest BCUT2D eigenvalue weighted by molar-refractivity contribution is 1.28. The molecule has 0 radical (unpaired) electrons. The van der Waals surface area contributed by atoms with E-state index in [2.05, 4.69) is 20.9 Å². The first-order valence-electron chi connectivity index (χ1n) is 3.96. The number of benzene rings is 1. The van der Waals surface area contributed by atoms with Crippen LogP contribution in [0.4, 0.5) is 0 Å². The van der Waals surface area contributed by atoms with Gasteiger partial charge in [0.15, 0.2) is 0 Å². The number of halogens is 1. The van der Waals surface area contributed by atoms with Gasteiger partial charge in [-0.05, 0) is 24.6 Å². The van der Waals surface area contributed by atoms with E-state index in [1.165, 1.54) is 6.07 Å². The Morgan fingerprint density at radius 1 is 1.23 bits per heavy atom. The van der Waals surface area contributed by atoms with Gasteiger partial charge in [-0.15, -0.1) is 0 Å². The zero-order valence-corrected chi connectivity index (χ0v) is 8.68. The first-order valence-corrected chi connectivity index (χ1v) is 4.76. The molecule has 0 atom stereocenters. The molecule has 1 heterocycles. The minimum Gasteiger partial charge on any atom is -0.322 e. The highest BCUT2D eigenvalue weighted by Crippen LogP contribution is 2.23. The molecule has 0 saturated heterocycles. The Morgan fingerprint density at radius 2 is 2.00 bits per heavy atom. The van der Waals surface area contributed by atoms with Gasteiger partial charge in [-0.1, -0.05) is 22.0 Å². The fraction of sp³-hybridized carbons (Fsp3) is 0.100. The zero-order valence-electron chi connectivity index (χ0n) is 7.10. The van der Waals surface area contributed by atoms with E-state index in [9.17, 15) is 4.79 Å². The summed E-state index contributed by atoms with van der Waals surface area (Å²) in [4.78, 5) is 13.9. The quantitative estimate of drug-likeness (QED) is 0.751. The smallest absolute Gasteiger partial charge is 0.248 e. The van der Waals surface area contributed by atoms with E-state index >= 15 is 0 Å². The SMILES string of the molecule is Cc1ccc(Br)c2ccc(=O)[nH]c12. The van der Waals surface area contributed by atoms with E-state index in [4.69, 9.17) is 0 Å². The van der Waals surface area contributed by atoms with Crippen LogP contribution >= 0.6 is 15.9 Å². The monoisotopic (exact) mass is 237 g/mol. The van der Waals surface area contributed by atoms with Gasteiger partial charge in [0.05, 0.1) is 5.52 Å².